The fourth-order valence-corrected chi connectivity index (χ4v) is 5.08. The Morgan fingerprint density at radius 2 is 1.92 bits per heavy atom. The van der Waals surface area contributed by atoms with Gasteiger partial charge in [0.05, 0.1) is 15.5 Å². The van der Waals surface area contributed by atoms with E-state index in [1.165, 1.54) is 12.8 Å². The second-order valence-electron chi connectivity index (χ2n) is 7.82. The molecule has 0 radical (unpaired) electrons. The minimum atomic E-state index is -0.376. The molecule has 0 aromatic heterocycles. The van der Waals surface area contributed by atoms with Crippen molar-refractivity contribution in [2.24, 2.45) is 5.41 Å². The van der Waals surface area contributed by atoms with Crippen molar-refractivity contribution in [3.63, 3.8) is 0 Å². The van der Waals surface area contributed by atoms with Gasteiger partial charge in [0, 0.05) is 25.0 Å². The summed E-state index contributed by atoms with van der Waals surface area (Å²) in [4.78, 5) is 15.6. The predicted octanol–water partition coefficient (Wildman–Crippen LogP) is 4.02. The summed E-state index contributed by atoms with van der Waals surface area (Å²) >= 11 is 12.3. The Hall–Kier alpha value is -0.770. The van der Waals surface area contributed by atoms with Crippen LogP contribution in [-0.2, 0) is 10.2 Å². The van der Waals surface area contributed by atoms with Crippen molar-refractivity contribution in [3.05, 3.63) is 33.8 Å². The van der Waals surface area contributed by atoms with Gasteiger partial charge in [-0.1, -0.05) is 35.7 Å². The molecule has 2 saturated heterocycles. The zero-order chi connectivity index (χ0) is 16.8. The first kappa shape index (κ1) is 16.7. The Kier molecular flexibility index (Phi) is 4.30. The molecule has 3 fully saturated rings. The zero-order valence-electron chi connectivity index (χ0n) is 13.9. The SMILES string of the molecule is O=C(N1CCCC2(CCNC2)C1)C1(c2ccc(Cl)c(Cl)c2)CCC1. The maximum absolute atomic E-state index is 13.5. The van der Waals surface area contributed by atoms with Crippen molar-refractivity contribution >= 4 is 29.1 Å². The lowest BCUT2D eigenvalue weighted by Crippen LogP contribution is -2.56. The number of carbonyl (C=O) groups is 1. The first-order valence-corrected chi connectivity index (χ1v) is 9.76. The molecule has 3 aliphatic rings. The van der Waals surface area contributed by atoms with Crippen LogP contribution in [0.4, 0.5) is 0 Å². The number of nitrogens with one attached hydrogen (secondary N) is 1. The van der Waals surface area contributed by atoms with Crippen molar-refractivity contribution in [2.45, 2.75) is 43.9 Å². The molecule has 4 rings (SSSR count). The van der Waals surface area contributed by atoms with Crippen LogP contribution in [0, 0.1) is 5.41 Å². The van der Waals surface area contributed by atoms with Gasteiger partial charge in [0.25, 0.3) is 0 Å². The van der Waals surface area contributed by atoms with E-state index in [0.717, 1.165) is 57.4 Å². The third-order valence-corrected chi connectivity index (χ3v) is 7.11. The van der Waals surface area contributed by atoms with Crippen molar-refractivity contribution in [3.8, 4) is 0 Å². The Labute approximate surface area is 153 Å². The molecular formula is C19H24Cl2N2O. The van der Waals surface area contributed by atoms with Crippen LogP contribution < -0.4 is 5.32 Å². The molecule has 1 saturated carbocycles. The topological polar surface area (TPSA) is 32.3 Å². The maximum atomic E-state index is 13.5. The quantitative estimate of drug-likeness (QED) is 0.857. The lowest BCUT2D eigenvalue weighted by atomic mass is 9.63. The monoisotopic (exact) mass is 366 g/mol. The van der Waals surface area contributed by atoms with Gasteiger partial charge < -0.3 is 10.2 Å². The van der Waals surface area contributed by atoms with Gasteiger partial charge >= 0.3 is 0 Å². The van der Waals surface area contributed by atoms with E-state index in [2.05, 4.69) is 10.2 Å². The van der Waals surface area contributed by atoms with Gasteiger partial charge in [0.1, 0.15) is 0 Å². The van der Waals surface area contributed by atoms with E-state index in [0.29, 0.717) is 21.4 Å². The largest absolute Gasteiger partial charge is 0.341 e. The molecule has 24 heavy (non-hydrogen) atoms. The highest BCUT2D eigenvalue weighted by Crippen LogP contribution is 2.47. The van der Waals surface area contributed by atoms with Crippen molar-refractivity contribution < 1.29 is 4.79 Å². The van der Waals surface area contributed by atoms with Gasteiger partial charge in [-0.3, -0.25) is 4.79 Å². The van der Waals surface area contributed by atoms with Gasteiger partial charge in [-0.25, -0.2) is 0 Å². The smallest absolute Gasteiger partial charge is 0.233 e. The Morgan fingerprint density at radius 3 is 2.54 bits per heavy atom. The number of hydrogen-bond donors (Lipinski definition) is 1. The van der Waals surface area contributed by atoms with E-state index in [1.54, 1.807) is 0 Å². The fraction of sp³-hybridized carbons (Fsp3) is 0.632. The summed E-state index contributed by atoms with van der Waals surface area (Å²) in [6.07, 6.45) is 6.49. The molecule has 2 heterocycles. The molecule has 1 aromatic rings. The van der Waals surface area contributed by atoms with Gasteiger partial charge in [0.2, 0.25) is 5.91 Å². The van der Waals surface area contributed by atoms with E-state index >= 15 is 0 Å². The first-order valence-electron chi connectivity index (χ1n) is 9.00. The molecule has 2 aliphatic heterocycles. The minimum absolute atomic E-state index is 0.302. The highest BCUT2D eigenvalue weighted by molar-refractivity contribution is 6.42. The summed E-state index contributed by atoms with van der Waals surface area (Å²) in [5.74, 6) is 0.304. The van der Waals surface area contributed by atoms with Gasteiger partial charge in [-0.2, -0.15) is 0 Å². The lowest BCUT2D eigenvalue weighted by molar-refractivity contribution is -0.144. The first-order chi connectivity index (χ1) is 11.5. The van der Waals surface area contributed by atoms with E-state index in [9.17, 15) is 4.79 Å². The molecule has 1 aromatic carbocycles. The summed E-state index contributed by atoms with van der Waals surface area (Å²) < 4.78 is 0. The molecule has 5 heteroatoms. The molecule has 1 amide bonds. The van der Waals surface area contributed by atoms with Crippen molar-refractivity contribution in [1.29, 1.82) is 0 Å². The predicted molar refractivity (Wildman–Crippen MR) is 97.7 cm³/mol. The third kappa shape index (κ3) is 2.65. The number of likely N-dealkylation sites (tertiary alicyclic amines) is 1. The van der Waals surface area contributed by atoms with E-state index in [1.807, 2.05) is 18.2 Å². The molecule has 0 bridgehead atoms. The third-order valence-electron chi connectivity index (χ3n) is 6.37. The fourth-order valence-electron chi connectivity index (χ4n) is 4.78. The molecule has 130 valence electrons. The Balaban J connectivity index is 1.60. The van der Waals surface area contributed by atoms with E-state index in [4.69, 9.17) is 23.2 Å². The summed E-state index contributed by atoms with van der Waals surface area (Å²) in [6.45, 7) is 3.93. The van der Waals surface area contributed by atoms with Crippen LogP contribution in [0.5, 0.6) is 0 Å². The summed E-state index contributed by atoms with van der Waals surface area (Å²) in [7, 11) is 0. The van der Waals surface area contributed by atoms with E-state index < -0.39 is 0 Å². The number of piperidine rings is 1. The Bertz CT molecular complexity index is 651. The van der Waals surface area contributed by atoms with Gasteiger partial charge in [0.15, 0.2) is 0 Å². The van der Waals surface area contributed by atoms with Crippen LogP contribution in [0.1, 0.15) is 44.1 Å². The number of halogens is 2. The lowest BCUT2D eigenvalue weighted by Gasteiger charge is -2.48. The second-order valence-corrected chi connectivity index (χ2v) is 8.64. The Morgan fingerprint density at radius 1 is 1.08 bits per heavy atom. The van der Waals surface area contributed by atoms with Crippen molar-refractivity contribution in [1.82, 2.24) is 10.2 Å². The van der Waals surface area contributed by atoms with E-state index in [-0.39, 0.29) is 5.41 Å². The van der Waals surface area contributed by atoms with Crippen LogP contribution in [0.25, 0.3) is 0 Å². The van der Waals surface area contributed by atoms with Crippen LogP contribution in [-0.4, -0.2) is 37.0 Å². The molecule has 1 aliphatic carbocycles. The van der Waals surface area contributed by atoms with Crippen LogP contribution in [0.2, 0.25) is 10.0 Å². The summed E-state index contributed by atoms with van der Waals surface area (Å²) in [6, 6.07) is 5.71. The van der Waals surface area contributed by atoms with Crippen LogP contribution in [0.15, 0.2) is 18.2 Å². The maximum Gasteiger partial charge on any atom is 0.233 e. The molecule has 3 nitrogen and oxygen atoms in total. The number of carbonyl (C=O) groups excluding carboxylic acids is 1. The standard InChI is InChI=1S/C19H24Cl2N2O/c20-15-4-3-14(11-16(15)21)19(6-1-7-19)17(24)23-10-2-5-18(13-23)8-9-22-12-18/h3-4,11,22H,1-2,5-10,12-13H2. The van der Waals surface area contributed by atoms with Gasteiger partial charge in [-0.15, -0.1) is 0 Å². The highest BCUT2D eigenvalue weighted by atomic mass is 35.5. The average Bonchev–Trinajstić information content (AvgIpc) is 2.97. The normalized spacial score (nSPS) is 28.8. The van der Waals surface area contributed by atoms with Crippen LogP contribution in [0.3, 0.4) is 0 Å². The molecule has 1 atom stereocenters. The zero-order valence-corrected chi connectivity index (χ0v) is 15.4. The van der Waals surface area contributed by atoms with Crippen LogP contribution >= 0.6 is 23.2 Å². The minimum Gasteiger partial charge on any atom is -0.341 e. The number of amides is 1. The molecule has 1 unspecified atom stereocenters. The number of nitrogens with zero attached hydrogens (tertiary/aromatic N) is 1. The van der Waals surface area contributed by atoms with Gasteiger partial charge in [-0.05, 0) is 56.3 Å². The molecule has 1 N–H and O–H groups in total. The molecular weight excluding hydrogens is 343 g/mol. The summed E-state index contributed by atoms with van der Waals surface area (Å²) in [5, 5.41) is 4.58. The summed E-state index contributed by atoms with van der Waals surface area (Å²) in [5.41, 5.74) is 0.965. The number of benzene rings is 1. The second kappa shape index (κ2) is 6.19. The highest BCUT2D eigenvalue weighted by Gasteiger charge is 2.50. The van der Waals surface area contributed by atoms with Crippen molar-refractivity contribution in [2.75, 3.05) is 26.2 Å². The number of rotatable bonds is 2. The number of hydrogen-bond acceptors (Lipinski definition) is 2. The average molecular weight is 367 g/mol. The molecule has 1 spiro atoms.